The number of aromatic amines is 1. The summed E-state index contributed by atoms with van der Waals surface area (Å²) >= 11 is 0. The fraction of sp³-hybridized carbons (Fsp3) is 0.300. The Bertz CT molecular complexity index is 774. The number of allylic oxidation sites excluding steroid dienone is 4. The van der Waals surface area contributed by atoms with Crippen molar-refractivity contribution in [2.24, 2.45) is 0 Å². The molecule has 1 aromatic carbocycles. The van der Waals surface area contributed by atoms with Gasteiger partial charge in [-0.15, -0.1) is 0 Å². The third kappa shape index (κ3) is 2.61. The summed E-state index contributed by atoms with van der Waals surface area (Å²) in [5.41, 5.74) is 6.58. The van der Waals surface area contributed by atoms with Crippen LogP contribution in [0.25, 0.3) is 16.5 Å². The van der Waals surface area contributed by atoms with E-state index >= 15 is 0 Å². The topological polar surface area (TPSA) is 25.0 Å². The Morgan fingerprint density at radius 3 is 2.82 bits per heavy atom. The number of rotatable bonds is 4. The van der Waals surface area contributed by atoms with Crippen LogP contribution in [0.5, 0.6) is 5.75 Å². The maximum atomic E-state index is 5.95. The summed E-state index contributed by atoms with van der Waals surface area (Å²) in [6.07, 6.45) is 10.7. The molecule has 0 spiro atoms. The average molecular weight is 293 g/mol. The molecule has 114 valence electrons. The normalized spacial score (nSPS) is 16.9. The van der Waals surface area contributed by atoms with Gasteiger partial charge in [-0.3, -0.25) is 0 Å². The Labute approximate surface area is 132 Å². The van der Waals surface area contributed by atoms with Crippen LogP contribution in [-0.4, -0.2) is 11.6 Å². The summed E-state index contributed by atoms with van der Waals surface area (Å²) in [5.74, 6) is 0.937. The van der Waals surface area contributed by atoms with Crippen LogP contribution in [0.2, 0.25) is 0 Å². The molecule has 1 aliphatic carbocycles. The second kappa shape index (κ2) is 6.27. The van der Waals surface area contributed by atoms with Crippen LogP contribution in [0, 0.1) is 0 Å². The Kier molecular flexibility index (Phi) is 4.19. The molecular formula is C20H23NO. The van der Waals surface area contributed by atoms with E-state index in [2.05, 4.69) is 42.3 Å². The Morgan fingerprint density at radius 1 is 1.23 bits per heavy atom. The van der Waals surface area contributed by atoms with Gasteiger partial charge in [0.1, 0.15) is 12.4 Å². The van der Waals surface area contributed by atoms with Crippen LogP contribution >= 0.6 is 0 Å². The van der Waals surface area contributed by atoms with Gasteiger partial charge in [0.15, 0.2) is 0 Å². The molecule has 0 radical (unpaired) electrons. The molecule has 0 saturated carbocycles. The first-order valence-corrected chi connectivity index (χ1v) is 7.97. The highest BCUT2D eigenvalue weighted by Crippen LogP contribution is 2.38. The standard InChI is InChI=1S/C20H23NO/c1-4-7-14(5-2)13-22-16-9-11-19-18(12-16)17-10-8-15(6-3)20(17)21-19/h4-7,9,11-12,21H,8,10,13H2,1-3H3/b7-4-,14-5+,15-6+. The lowest BCUT2D eigenvalue weighted by molar-refractivity contribution is 0.356. The molecule has 0 bridgehead atoms. The maximum absolute atomic E-state index is 5.95. The summed E-state index contributed by atoms with van der Waals surface area (Å²) < 4.78 is 5.95. The van der Waals surface area contributed by atoms with E-state index in [9.17, 15) is 0 Å². The molecule has 22 heavy (non-hydrogen) atoms. The zero-order valence-electron chi connectivity index (χ0n) is 13.6. The van der Waals surface area contributed by atoms with Crippen molar-refractivity contribution in [2.75, 3.05) is 6.61 Å². The molecule has 0 saturated heterocycles. The van der Waals surface area contributed by atoms with Crippen LogP contribution in [0.4, 0.5) is 0 Å². The van der Waals surface area contributed by atoms with Gasteiger partial charge in [0, 0.05) is 16.6 Å². The van der Waals surface area contributed by atoms with E-state index in [0.29, 0.717) is 6.61 Å². The predicted molar refractivity (Wildman–Crippen MR) is 94.3 cm³/mol. The minimum atomic E-state index is 0.610. The molecule has 1 aromatic heterocycles. The Morgan fingerprint density at radius 2 is 2.09 bits per heavy atom. The minimum absolute atomic E-state index is 0.610. The van der Waals surface area contributed by atoms with Gasteiger partial charge >= 0.3 is 0 Å². The first kappa shape index (κ1) is 14.7. The number of aryl methyl sites for hydroxylation is 1. The van der Waals surface area contributed by atoms with E-state index in [-0.39, 0.29) is 0 Å². The molecule has 0 amide bonds. The zero-order chi connectivity index (χ0) is 15.5. The van der Waals surface area contributed by atoms with Crippen LogP contribution in [0.3, 0.4) is 0 Å². The smallest absolute Gasteiger partial charge is 0.120 e. The van der Waals surface area contributed by atoms with E-state index in [0.717, 1.165) is 18.6 Å². The molecule has 1 heterocycles. The zero-order valence-corrected chi connectivity index (χ0v) is 13.6. The van der Waals surface area contributed by atoms with Gasteiger partial charge in [-0.1, -0.05) is 24.3 Å². The van der Waals surface area contributed by atoms with Crippen molar-refractivity contribution >= 4 is 16.5 Å². The number of aromatic nitrogens is 1. The molecule has 2 aromatic rings. The van der Waals surface area contributed by atoms with Gasteiger partial charge in [-0.25, -0.2) is 0 Å². The molecule has 0 atom stereocenters. The summed E-state index contributed by atoms with van der Waals surface area (Å²) in [5, 5.41) is 1.30. The summed E-state index contributed by atoms with van der Waals surface area (Å²) in [4.78, 5) is 3.55. The monoisotopic (exact) mass is 293 g/mol. The molecule has 1 N–H and O–H groups in total. The van der Waals surface area contributed by atoms with Crippen molar-refractivity contribution in [3.63, 3.8) is 0 Å². The number of fused-ring (bicyclic) bond motifs is 3. The molecule has 0 unspecified atom stereocenters. The SMILES string of the molecule is C/C=C\C(=C/C)COc1ccc2[nH]c3c(c2c1)CC/C3=C\C. The third-order valence-electron chi connectivity index (χ3n) is 4.35. The predicted octanol–water partition coefficient (Wildman–Crippen LogP) is 5.42. The van der Waals surface area contributed by atoms with Gasteiger partial charge in [0.2, 0.25) is 0 Å². The van der Waals surface area contributed by atoms with Crippen molar-refractivity contribution in [3.05, 3.63) is 59.3 Å². The average Bonchev–Trinajstić information content (AvgIpc) is 3.09. The van der Waals surface area contributed by atoms with E-state index in [4.69, 9.17) is 4.74 Å². The van der Waals surface area contributed by atoms with Gasteiger partial charge in [0.25, 0.3) is 0 Å². The van der Waals surface area contributed by atoms with Gasteiger partial charge in [-0.05, 0) is 68.5 Å². The highest BCUT2D eigenvalue weighted by Gasteiger charge is 2.20. The van der Waals surface area contributed by atoms with Gasteiger partial charge in [0.05, 0.1) is 0 Å². The second-order valence-corrected chi connectivity index (χ2v) is 5.65. The highest BCUT2D eigenvalue weighted by atomic mass is 16.5. The molecule has 0 aliphatic heterocycles. The van der Waals surface area contributed by atoms with E-state index in [1.54, 1.807) is 0 Å². The number of hydrogen-bond donors (Lipinski definition) is 1. The highest BCUT2D eigenvalue weighted by molar-refractivity contribution is 5.92. The fourth-order valence-corrected chi connectivity index (χ4v) is 3.13. The number of hydrogen-bond acceptors (Lipinski definition) is 1. The molecule has 2 heteroatoms. The first-order chi connectivity index (χ1) is 10.8. The van der Waals surface area contributed by atoms with Crippen molar-refractivity contribution in [2.45, 2.75) is 33.6 Å². The number of ether oxygens (including phenoxy) is 1. The van der Waals surface area contributed by atoms with Crippen LogP contribution < -0.4 is 4.74 Å². The molecule has 2 nitrogen and oxygen atoms in total. The summed E-state index contributed by atoms with van der Waals surface area (Å²) in [6.45, 7) is 6.79. The molecule has 0 fully saturated rings. The van der Waals surface area contributed by atoms with Crippen molar-refractivity contribution in [3.8, 4) is 5.75 Å². The lowest BCUT2D eigenvalue weighted by Crippen LogP contribution is -1.99. The van der Waals surface area contributed by atoms with Gasteiger partial charge in [-0.2, -0.15) is 0 Å². The molecule has 1 aliphatic rings. The van der Waals surface area contributed by atoms with Crippen molar-refractivity contribution in [1.82, 2.24) is 4.98 Å². The summed E-state index contributed by atoms with van der Waals surface area (Å²) in [6, 6.07) is 6.35. The largest absolute Gasteiger partial charge is 0.489 e. The second-order valence-electron chi connectivity index (χ2n) is 5.65. The van der Waals surface area contributed by atoms with Crippen LogP contribution in [0.1, 0.15) is 38.4 Å². The van der Waals surface area contributed by atoms with Crippen LogP contribution in [-0.2, 0) is 6.42 Å². The van der Waals surface area contributed by atoms with E-state index < -0.39 is 0 Å². The van der Waals surface area contributed by atoms with Crippen LogP contribution in [0.15, 0.2) is 48.1 Å². The lowest BCUT2D eigenvalue weighted by Gasteiger charge is -2.07. The Balaban J connectivity index is 1.88. The van der Waals surface area contributed by atoms with Crippen molar-refractivity contribution in [1.29, 1.82) is 0 Å². The van der Waals surface area contributed by atoms with E-state index in [1.165, 1.54) is 33.3 Å². The van der Waals surface area contributed by atoms with Gasteiger partial charge < -0.3 is 9.72 Å². The fourth-order valence-electron chi connectivity index (χ4n) is 3.13. The first-order valence-electron chi connectivity index (χ1n) is 7.97. The maximum Gasteiger partial charge on any atom is 0.120 e. The minimum Gasteiger partial charge on any atom is -0.489 e. The Hall–Kier alpha value is -2.22. The summed E-state index contributed by atoms with van der Waals surface area (Å²) in [7, 11) is 0. The number of benzene rings is 1. The number of nitrogens with one attached hydrogen (secondary N) is 1. The number of H-pyrrole nitrogens is 1. The lowest BCUT2D eigenvalue weighted by atomic mass is 10.1. The van der Waals surface area contributed by atoms with E-state index in [1.807, 2.05) is 26.0 Å². The quantitative estimate of drug-likeness (QED) is 0.748. The molecular weight excluding hydrogens is 270 g/mol. The third-order valence-corrected chi connectivity index (χ3v) is 4.35. The molecule has 3 rings (SSSR count). The van der Waals surface area contributed by atoms with Crippen molar-refractivity contribution < 1.29 is 4.74 Å².